The van der Waals surface area contributed by atoms with Crippen LogP contribution in [0, 0.1) is 10.2 Å². The third kappa shape index (κ3) is 3.15. The fourth-order valence-corrected chi connectivity index (χ4v) is 3.31. The summed E-state index contributed by atoms with van der Waals surface area (Å²) in [5.74, 6) is 0.867. The van der Waals surface area contributed by atoms with Gasteiger partial charge < -0.3 is 0 Å². The van der Waals surface area contributed by atoms with Crippen LogP contribution >= 0.6 is 12.2 Å². The zero-order chi connectivity index (χ0) is 15.0. The van der Waals surface area contributed by atoms with Crippen molar-refractivity contribution in [3.05, 3.63) is 29.3 Å². The van der Waals surface area contributed by atoms with E-state index in [-0.39, 0.29) is 11.0 Å². The van der Waals surface area contributed by atoms with Crippen LogP contribution in [0.1, 0.15) is 41.0 Å². The topological polar surface area (TPSA) is 46.5 Å². The minimum atomic E-state index is -0.110. The molecule has 0 saturated heterocycles. The van der Waals surface area contributed by atoms with Crippen molar-refractivity contribution in [3.63, 3.8) is 0 Å². The Labute approximate surface area is 125 Å². The SMILES string of the molecule is CC(C)(C)CC(C)(C)n1c(-c2ccncc2)n[nH]c1=S. The number of aromatic amines is 1. The Balaban J connectivity index is 2.53. The smallest absolute Gasteiger partial charge is 0.195 e. The summed E-state index contributed by atoms with van der Waals surface area (Å²) in [5, 5.41) is 7.32. The molecule has 0 spiro atoms. The molecule has 20 heavy (non-hydrogen) atoms. The molecular weight excluding hydrogens is 268 g/mol. The Morgan fingerprint density at radius 2 is 1.75 bits per heavy atom. The lowest BCUT2D eigenvalue weighted by molar-refractivity contribution is 0.214. The van der Waals surface area contributed by atoms with Gasteiger partial charge in [-0.3, -0.25) is 14.6 Å². The van der Waals surface area contributed by atoms with Crippen molar-refractivity contribution < 1.29 is 0 Å². The third-order valence-electron chi connectivity index (χ3n) is 3.18. The summed E-state index contributed by atoms with van der Waals surface area (Å²) in [4.78, 5) is 4.06. The zero-order valence-electron chi connectivity index (χ0n) is 12.8. The van der Waals surface area contributed by atoms with Gasteiger partial charge in [0.2, 0.25) is 0 Å². The molecule has 0 unspecified atom stereocenters. The molecule has 0 aromatic carbocycles. The largest absolute Gasteiger partial charge is 0.294 e. The fraction of sp³-hybridized carbons (Fsp3) is 0.533. The van der Waals surface area contributed by atoms with Gasteiger partial charge in [0.15, 0.2) is 10.6 Å². The molecule has 1 N–H and O–H groups in total. The Bertz CT molecular complexity index is 632. The van der Waals surface area contributed by atoms with Crippen LogP contribution < -0.4 is 0 Å². The van der Waals surface area contributed by atoms with Gasteiger partial charge >= 0.3 is 0 Å². The van der Waals surface area contributed by atoms with Gasteiger partial charge in [0, 0.05) is 23.5 Å². The van der Waals surface area contributed by atoms with E-state index in [1.165, 1.54) is 0 Å². The monoisotopic (exact) mass is 290 g/mol. The predicted molar refractivity (Wildman–Crippen MR) is 84.0 cm³/mol. The number of hydrogen-bond donors (Lipinski definition) is 1. The molecule has 2 aromatic heterocycles. The van der Waals surface area contributed by atoms with Gasteiger partial charge in [-0.05, 0) is 50.0 Å². The van der Waals surface area contributed by atoms with E-state index in [2.05, 4.69) is 54.4 Å². The Morgan fingerprint density at radius 1 is 1.15 bits per heavy atom. The highest BCUT2D eigenvalue weighted by molar-refractivity contribution is 7.71. The van der Waals surface area contributed by atoms with Crippen molar-refractivity contribution in [2.45, 2.75) is 46.6 Å². The standard InChI is InChI=1S/C15H22N4S/c1-14(2,3)10-15(4,5)19-12(17-18-13(19)20)11-6-8-16-9-7-11/h6-9H,10H2,1-5H3,(H,18,20). The van der Waals surface area contributed by atoms with Gasteiger partial charge in [0.05, 0.1) is 0 Å². The van der Waals surface area contributed by atoms with Crippen LogP contribution in [0.5, 0.6) is 0 Å². The summed E-state index contributed by atoms with van der Waals surface area (Å²) in [7, 11) is 0. The fourth-order valence-electron chi connectivity index (χ4n) is 2.93. The van der Waals surface area contributed by atoms with Crippen molar-refractivity contribution >= 4 is 12.2 Å². The second-order valence-corrected chi connectivity index (χ2v) is 7.36. The molecule has 4 nitrogen and oxygen atoms in total. The number of rotatable bonds is 3. The van der Waals surface area contributed by atoms with E-state index in [1.54, 1.807) is 12.4 Å². The highest BCUT2D eigenvalue weighted by Gasteiger charge is 2.30. The van der Waals surface area contributed by atoms with E-state index in [9.17, 15) is 0 Å². The predicted octanol–water partition coefficient (Wildman–Crippen LogP) is 4.17. The molecule has 0 bridgehead atoms. The van der Waals surface area contributed by atoms with E-state index >= 15 is 0 Å². The summed E-state index contributed by atoms with van der Waals surface area (Å²) in [6, 6.07) is 3.91. The lowest BCUT2D eigenvalue weighted by Crippen LogP contribution is -2.32. The maximum Gasteiger partial charge on any atom is 0.195 e. The number of nitrogens with one attached hydrogen (secondary N) is 1. The quantitative estimate of drug-likeness (QED) is 0.863. The van der Waals surface area contributed by atoms with E-state index in [0.717, 1.165) is 17.8 Å². The first kappa shape index (κ1) is 14.9. The van der Waals surface area contributed by atoms with E-state index < -0.39 is 0 Å². The summed E-state index contributed by atoms with van der Waals surface area (Å²) >= 11 is 5.44. The van der Waals surface area contributed by atoms with Gasteiger partial charge in [0.25, 0.3) is 0 Å². The summed E-state index contributed by atoms with van der Waals surface area (Å²) in [6.07, 6.45) is 4.55. The molecule has 0 radical (unpaired) electrons. The van der Waals surface area contributed by atoms with Crippen molar-refractivity contribution in [2.75, 3.05) is 0 Å². The molecule has 0 aliphatic carbocycles. The summed E-state index contributed by atoms with van der Waals surface area (Å²) < 4.78 is 2.77. The average Bonchev–Trinajstić information content (AvgIpc) is 2.70. The molecule has 5 heteroatoms. The molecule has 2 rings (SSSR count). The lowest BCUT2D eigenvalue weighted by atomic mass is 9.81. The second-order valence-electron chi connectivity index (χ2n) is 6.97. The van der Waals surface area contributed by atoms with Crippen LogP contribution in [-0.2, 0) is 5.54 Å². The lowest BCUT2D eigenvalue weighted by Gasteiger charge is -2.34. The molecular formula is C15H22N4S. The molecule has 2 heterocycles. The van der Waals surface area contributed by atoms with Crippen LogP contribution in [0.4, 0.5) is 0 Å². The van der Waals surface area contributed by atoms with Crippen LogP contribution in [0.2, 0.25) is 0 Å². The van der Waals surface area contributed by atoms with E-state index in [0.29, 0.717) is 4.77 Å². The minimum absolute atomic E-state index is 0.110. The highest BCUT2D eigenvalue weighted by atomic mass is 32.1. The molecule has 0 saturated carbocycles. The normalized spacial score (nSPS) is 12.7. The highest BCUT2D eigenvalue weighted by Crippen LogP contribution is 2.34. The van der Waals surface area contributed by atoms with Crippen LogP contribution in [-0.4, -0.2) is 19.7 Å². The molecule has 108 valence electrons. The molecule has 0 atom stereocenters. The first-order valence-corrected chi connectivity index (χ1v) is 7.20. The molecule has 0 aliphatic heterocycles. The van der Waals surface area contributed by atoms with Crippen LogP contribution in [0.15, 0.2) is 24.5 Å². The van der Waals surface area contributed by atoms with E-state index in [4.69, 9.17) is 12.2 Å². The summed E-state index contributed by atoms with van der Waals surface area (Å²) in [5.41, 5.74) is 1.13. The van der Waals surface area contributed by atoms with E-state index in [1.807, 2.05) is 12.1 Å². The minimum Gasteiger partial charge on any atom is -0.294 e. The number of aromatic nitrogens is 4. The zero-order valence-corrected chi connectivity index (χ0v) is 13.6. The average molecular weight is 290 g/mol. The van der Waals surface area contributed by atoms with Gasteiger partial charge in [-0.25, -0.2) is 0 Å². The van der Waals surface area contributed by atoms with Crippen molar-refractivity contribution in [1.29, 1.82) is 0 Å². The Kier molecular flexibility index (Phi) is 3.82. The maximum atomic E-state index is 5.44. The van der Waals surface area contributed by atoms with Gasteiger partial charge in [-0.2, -0.15) is 5.10 Å². The van der Waals surface area contributed by atoms with Crippen molar-refractivity contribution in [3.8, 4) is 11.4 Å². The Hall–Kier alpha value is -1.49. The maximum absolute atomic E-state index is 5.44. The Morgan fingerprint density at radius 3 is 2.30 bits per heavy atom. The molecule has 0 aliphatic rings. The van der Waals surface area contributed by atoms with Crippen molar-refractivity contribution in [2.24, 2.45) is 5.41 Å². The second kappa shape index (κ2) is 5.13. The first-order chi connectivity index (χ1) is 9.21. The van der Waals surface area contributed by atoms with Crippen molar-refractivity contribution in [1.82, 2.24) is 19.7 Å². The van der Waals surface area contributed by atoms with Gasteiger partial charge in [0.1, 0.15) is 0 Å². The number of nitrogens with zero attached hydrogens (tertiary/aromatic N) is 3. The van der Waals surface area contributed by atoms with Crippen LogP contribution in [0.3, 0.4) is 0 Å². The summed E-state index contributed by atoms with van der Waals surface area (Å²) in [6.45, 7) is 11.1. The molecule has 2 aromatic rings. The van der Waals surface area contributed by atoms with Gasteiger partial charge in [-0.15, -0.1) is 0 Å². The first-order valence-electron chi connectivity index (χ1n) is 6.79. The molecule has 0 amide bonds. The number of hydrogen-bond acceptors (Lipinski definition) is 3. The molecule has 0 fully saturated rings. The van der Waals surface area contributed by atoms with Crippen LogP contribution in [0.25, 0.3) is 11.4 Å². The van der Waals surface area contributed by atoms with Gasteiger partial charge in [-0.1, -0.05) is 20.8 Å². The number of H-pyrrole nitrogens is 1. The third-order valence-corrected chi connectivity index (χ3v) is 3.45. The number of pyridine rings is 1.